The third-order valence-electron chi connectivity index (χ3n) is 3.70. The summed E-state index contributed by atoms with van der Waals surface area (Å²) in [6.07, 6.45) is 3.99. The second-order valence-corrected chi connectivity index (χ2v) is 5.31. The fraction of sp³-hybridized carbons (Fsp3) is 0.250. The van der Waals surface area contributed by atoms with E-state index in [1.54, 1.807) is 11.0 Å². The molecule has 1 saturated heterocycles. The summed E-state index contributed by atoms with van der Waals surface area (Å²) in [5, 5.41) is 8.73. The lowest BCUT2D eigenvalue weighted by molar-refractivity contribution is -0.139. The van der Waals surface area contributed by atoms with Gasteiger partial charge < -0.3 is 14.6 Å². The zero-order valence-electron chi connectivity index (χ0n) is 11.5. The molecule has 21 heavy (non-hydrogen) atoms. The molecule has 1 aliphatic rings. The van der Waals surface area contributed by atoms with E-state index in [-0.39, 0.29) is 18.2 Å². The Morgan fingerprint density at radius 3 is 2.52 bits per heavy atom. The van der Waals surface area contributed by atoms with E-state index in [9.17, 15) is 9.59 Å². The Labute approximate surface area is 122 Å². The van der Waals surface area contributed by atoms with Crippen molar-refractivity contribution in [3.05, 3.63) is 54.4 Å². The van der Waals surface area contributed by atoms with Crippen molar-refractivity contribution < 1.29 is 14.7 Å². The van der Waals surface area contributed by atoms with Crippen LogP contribution in [-0.4, -0.2) is 39.5 Å². The van der Waals surface area contributed by atoms with E-state index in [0.717, 1.165) is 5.69 Å². The minimum Gasteiger partial charge on any atom is -0.481 e. The van der Waals surface area contributed by atoms with Crippen LogP contribution in [0.4, 0.5) is 0 Å². The normalized spacial score (nSPS) is 14.8. The van der Waals surface area contributed by atoms with Gasteiger partial charge in [0.1, 0.15) is 0 Å². The van der Waals surface area contributed by atoms with Gasteiger partial charge in [-0.2, -0.15) is 0 Å². The van der Waals surface area contributed by atoms with Crippen LogP contribution in [0.5, 0.6) is 0 Å². The lowest BCUT2D eigenvalue weighted by Crippen LogP contribution is -2.50. The number of hydrogen-bond donors (Lipinski definition) is 1. The Morgan fingerprint density at radius 2 is 1.86 bits per heavy atom. The van der Waals surface area contributed by atoms with Crippen molar-refractivity contribution in [2.24, 2.45) is 5.92 Å². The number of carboxylic acids is 1. The van der Waals surface area contributed by atoms with E-state index in [0.29, 0.717) is 18.7 Å². The Kier molecular flexibility index (Phi) is 3.48. The first-order valence-electron chi connectivity index (χ1n) is 6.88. The van der Waals surface area contributed by atoms with Crippen molar-refractivity contribution in [1.29, 1.82) is 0 Å². The number of aliphatic carboxylic acids is 1. The highest BCUT2D eigenvalue weighted by atomic mass is 16.4. The van der Waals surface area contributed by atoms with E-state index < -0.39 is 5.97 Å². The first-order chi connectivity index (χ1) is 10.1. The highest BCUT2D eigenvalue weighted by Gasteiger charge is 2.32. The number of amides is 1. The molecule has 5 nitrogen and oxygen atoms in total. The molecule has 0 aliphatic carbocycles. The molecule has 2 aromatic rings. The molecular formula is C16H16N2O3. The minimum absolute atomic E-state index is 0.0364. The SMILES string of the molecule is O=C(O)CC1CN(C(=O)c2cccc(-n3cccc3)c2)C1. The van der Waals surface area contributed by atoms with Crippen LogP contribution in [0.2, 0.25) is 0 Å². The van der Waals surface area contributed by atoms with Crippen LogP contribution in [0.15, 0.2) is 48.8 Å². The number of rotatable bonds is 4. The molecule has 1 aliphatic heterocycles. The average molecular weight is 284 g/mol. The monoisotopic (exact) mass is 284 g/mol. The standard InChI is InChI=1S/C16H16N2O3/c19-15(20)8-12-10-18(11-12)16(21)13-4-3-5-14(9-13)17-6-1-2-7-17/h1-7,9,12H,8,10-11H2,(H,19,20). The van der Waals surface area contributed by atoms with Gasteiger partial charge in [0.25, 0.3) is 5.91 Å². The molecule has 1 fully saturated rings. The lowest BCUT2D eigenvalue weighted by atomic mass is 9.95. The van der Waals surface area contributed by atoms with E-state index in [1.165, 1.54) is 0 Å². The molecule has 3 rings (SSSR count). The van der Waals surface area contributed by atoms with Gasteiger partial charge in [0.05, 0.1) is 6.42 Å². The van der Waals surface area contributed by atoms with Crippen LogP contribution in [0.1, 0.15) is 16.8 Å². The number of carboxylic acid groups (broad SMARTS) is 1. The van der Waals surface area contributed by atoms with E-state index in [4.69, 9.17) is 5.11 Å². The topological polar surface area (TPSA) is 62.5 Å². The predicted molar refractivity (Wildman–Crippen MR) is 77.4 cm³/mol. The average Bonchev–Trinajstić information content (AvgIpc) is 2.96. The fourth-order valence-electron chi connectivity index (χ4n) is 2.60. The van der Waals surface area contributed by atoms with Crippen LogP contribution in [0.3, 0.4) is 0 Å². The van der Waals surface area contributed by atoms with Gasteiger partial charge in [0.2, 0.25) is 0 Å². The summed E-state index contributed by atoms with van der Waals surface area (Å²) in [5.41, 5.74) is 1.57. The number of carbonyl (C=O) groups is 2. The molecule has 0 bridgehead atoms. The fourth-order valence-corrected chi connectivity index (χ4v) is 2.60. The Balaban J connectivity index is 1.69. The number of nitrogens with zero attached hydrogens (tertiary/aromatic N) is 2. The van der Waals surface area contributed by atoms with Crippen LogP contribution in [0.25, 0.3) is 5.69 Å². The zero-order chi connectivity index (χ0) is 14.8. The second-order valence-electron chi connectivity index (χ2n) is 5.31. The predicted octanol–water partition coefficient (Wildman–Crippen LogP) is 2.02. The van der Waals surface area contributed by atoms with Gasteiger partial charge in [-0.3, -0.25) is 9.59 Å². The molecule has 0 unspecified atom stereocenters. The number of benzene rings is 1. The van der Waals surface area contributed by atoms with Gasteiger partial charge in [-0.15, -0.1) is 0 Å². The smallest absolute Gasteiger partial charge is 0.303 e. The Hall–Kier alpha value is -2.56. The summed E-state index contributed by atoms with van der Waals surface area (Å²) in [6.45, 7) is 1.05. The van der Waals surface area contributed by atoms with Crippen molar-refractivity contribution in [3.63, 3.8) is 0 Å². The molecular weight excluding hydrogens is 268 g/mol. The van der Waals surface area contributed by atoms with Crippen LogP contribution < -0.4 is 0 Å². The maximum absolute atomic E-state index is 12.3. The summed E-state index contributed by atoms with van der Waals surface area (Å²) in [4.78, 5) is 24.7. The lowest BCUT2D eigenvalue weighted by Gasteiger charge is -2.38. The van der Waals surface area contributed by atoms with Gasteiger partial charge in [-0.05, 0) is 30.3 Å². The number of aromatic nitrogens is 1. The summed E-state index contributed by atoms with van der Waals surface area (Å²) in [5.74, 6) is -0.758. The third-order valence-corrected chi connectivity index (χ3v) is 3.70. The Bertz CT molecular complexity index is 658. The minimum atomic E-state index is -0.804. The first-order valence-corrected chi connectivity index (χ1v) is 6.88. The number of likely N-dealkylation sites (tertiary alicyclic amines) is 1. The number of carbonyl (C=O) groups excluding carboxylic acids is 1. The van der Waals surface area contributed by atoms with Crippen molar-refractivity contribution in [2.75, 3.05) is 13.1 Å². The van der Waals surface area contributed by atoms with E-state index in [1.807, 2.05) is 47.3 Å². The largest absolute Gasteiger partial charge is 0.481 e. The highest BCUT2D eigenvalue weighted by molar-refractivity contribution is 5.95. The van der Waals surface area contributed by atoms with E-state index >= 15 is 0 Å². The van der Waals surface area contributed by atoms with Crippen molar-refractivity contribution in [1.82, 2.24) is 9.47 Å². The van der Waals surface area contributed by atoms with E-state index in [2.05, 4.69) is 0 Å². The summed E-state index contributed by atoms with van der Waals surface area (Å²) < 4.78 is 1.94. The van der Waals surface area contributed by atoms with Crippen molar-refractivity contribution in [2.45, 2.75) is 6.42 Å². The number of hydrogen-bond acceptors (Lipinski definition) is 2. The summed E-state index contributed by atoms with van der Waals surface area (Å²) in [7, 11) is 0. The molecule has 0 atom stereocenters. The quantitative estimate of drug-likeness (QED) is 0.934. The highest BCUT2D eigenvalue weighted by Crippen LogP contribution is 2.22. The van der Waals surface area contributed by atoms with Crippen molar-refractivity contribution in [3.8, 4) is 5.69 Å². The van der Waals surface area contributed by atoms with Crippen molar-refractivity contribution >= 4 is 11.9 Å². The molecule has 108 valence electrons. The van der Waals surface area contributed by atoms with Crippen LogP contribution >= 0.6 is 0 Å². The van der Waals surface area contributed by atoms with Gasteiger partial charge in [0, 0.05) is 42.7 Å². The molecule has 0 spiro atoms. The molecule has 1 amide bonds. The molecule has 0 saturated carbocycles. The van der Waals surface area contributed by atoms with Crippen LogP contribution in [0, 0.1) is 5.92 Å². The first kappa shape index (κ1) is 13.4. The molecule has 0 radical (unpaired) electrons. The van der Waals surface area contributed by atoms with Gasteiger partial charge in [0.15, 0.2) is 0 Å². The maximum atomic E-state index is 12.3. The van der Waals surface area contributed by atoms with Gasteiger partial charge >= 0.3 is 5.97 Å². The molecule has 1 N–H and O–H groups in total. The molecule has 5 heteroatoms. The van der Waals surface area contributed by atoms with Gasteiger partial charge in [-0.25, -0.2) is 0 Å². The zero-order valence-corrected chi connectivity index (χ0v) is 11.5. The molecule has 1 aromatic heterocycles. The summed E-state index contributed by atoms with van der Waals surface area (Å²) in [6, 6.07) is 11.3. The maximum Gasteiger partial charge on any atom is 0.303 e. The third kappa shape index (κ3) is 2.81. The van der Waals surface area contributed by atoms with Crippen LogP contribution in [-0.2, 0) is 4.79 Å². The molecule has 1 aromatic carbocycles. The molecule has 2 heterocycles. The van der Waals surface area contributed by atoms with Gasteiger partial charge in [-0.1, -0.05) is 6.07 Å². The Morgan fingerprint density at radius 1 is 1.14 bits per heavy atom. The second kappa shape index (κ2) is 5.44. The summed E-state index contributed by atoms with van der Waals surface area (Å²) >= 11 is 0.